The van der Waals surface area contributed by atoms with Crippen LogP contribution in [0.4, 0.5) is 11.4 Å². The van der Waals surface area contributed by atoms with Crippen molar-refractivity contribution in [3.8, 4) is 0 Å². The van der Waals surface area contributed by atoms with E-state index in [-0.39, 0.29) is 23.3 Å². The fraction of sp³-hybridized carbons (Fsp3) is 0.462. The predicted molar refractivity (Wildman–Crippen MR) is 129 cm³/mol. The molecule has 2 amide bonds. The number of hydrogen-bond acceptors (Lipinski definition) is 3. The van der Waals surface area contributed by atoms with Gasteiger partial charge in [-0.1, -0.05) is 58.0 Å². The minimum atomic E-state index is -0.0774. The third kappa shape index (κ3) is 7.12. The molecule has 0 saturated heterocycles. The van der Waals surface area contributed by atoms with Crippen LogP contribution < -0.4 is 10.2 Å². The molecule has 1 N–H and O–H groups in total. The summed E-state index contributed by atoms with van der Waals surface area (Å²) in [5, 5.41) is 3.02. The highest BCUT2D eigenvalue weighted by Crippen LogP contribution is 2.29. The first-order valence-corrected chi connectivity index (χ1v) is 11.0. The number of anilines is 2. The van der Waals surface area contributed by atoms with Gasteiger partial charge < -0.3 is 15.1 Å². The molecule has 2 aromatic rings. The summed E-state index contributed by atoms with van der Waals surface area (Å²) in [4.78, 5) is 29.3. The van der Waals surface area contributed by atoms with Crippen LogP contribution in [0.25, 0.3) is 0 Å². The van der Waals surface area contributed by atoms with Crippen molar-refractivity contribution < 1.29 is 9.59 Å². The van der Waals surface area contributed by atoms with Crippen molar-refractivity contribution in [1.29, 1.82) is 0 Å². The minimum absolute atomic E-state index is 0.00445. The third-order valence-corrected chi connectivity index (χ3v) is 5.25. The zero-order valence-corrected chi connectivity index (χ0v) is 20.0. The van der Waals surface area contributed by atoms with Gasteiger partial charge >= 0.3 is 0 Å². The molecular weight excluding hydrogens is 386 g/mol. The van der Waals surface area contributed by atoms with E-state index in [4.69, 9.17) is 0 Å². The molecule has 0 fully saturated rings. The summed E-state index contributed by atoms with van der Waals surface area (Å²) in [6, 6.07) is 15.9. The van der Waals surface area contributed by atoms with Crippen LogP contribution in [-0.4, -0.2) is 30.8 Å². The van der Waals surface area contributed by atoms with Gasteiger partial charge in [0.2, 0.25) is 11.8 Å². The summed E-state index contributed by atoms with van der Waals surface area (Å²) in [7, 11) is 3.98. The summed E-state index contributed by atoms with van der Waals surface area (Å²) < 4.78 is 0. The lowest BCUT2D eigenvalue weighted by Crippen LogP contribution is -2.33. The van der Waals surface area contributed by atoms with Crippen LogP contribution in [0.5, 0.6) is 0 Å². The molecule has 5 nitrogen and oxygen atoms in total. The number of amides is 2. The summed E-state index contributed by atoms with van der Waals surface area (Å²) in [5.41, 5.74) is 3.81. The molecule has 2 aromatic carbocycles. The van der Waals surface area contributed by atoms with Gasteiger partial charge in [-0.05, 0) is 41.7 Å². The average Bonchev–Trinajstić information content (AvgIpc) is 2.70. The molecule has 0 aliphatic heterocycles. The average molecular weight is 424 g/mol. The van der Waals surface area contributed by atoms with Gasteiger partial charge in [0.15, 0.2) is 0 Å². The van der Waals surface area contributed by atoms with Gasteiger partial charge in [0, 0.05) is 44.9 Å². The number of nitrogens with zero attached hydrogens (tertiary/aromatic N) is 2. The van der Waals surface area contributed by atoms with Crippen molar-refractivity contribution in [2.75, 3.05) is 24.3 Å². The van der Waals surface area contributed by atoms with E-state index in [9.17, 15) is 9.59 Å². The predicted octanol–water partition coefficient (Wildman–Crippen LogP) is 5.63. The number of carbonyl (C=O) groups excluding carboxylic acids is 2. The molecule has 0 heterocycles. The number of rotatable bonds is 8. The molecule has 0 aliphatic rings. The zero-order chi connectivity index (χ0) is 23.2. The lowest BCUT2D eigenvalue weighted by molar-refractivity contribution is -0.133. The summed E-state index contributed by atoms with van der Waals surface area (Å²) in [5.74, 6) is 0.0958. The van der Waals surface area contributed by atoms with Crippen molar-refractivity contribution in [2.45, 2.75) is 60.0 Å². The second kappa shape index (κ2) is 10.5. The van der Waals surface area contributed by atoms with E-state index in [0.29, 0.717) is 19.4 Å². The molecule has 0 saturated carbocycles. The summed E-state index contributed by atoms with van der Waals surface area (Å²) in [6.45, 7) is 10.6. The molecule has 0 bridgehead atoms. The monoisotopic (exact) mass is 423 g/mol. The van der Waals surface area contributed by atoms with Crippen molar-refractivity contribution in [3.05, 3.63) is 59.7 Å². The van der Waals surface area contributed by atoms with Crippen LogP contribution in [-0.2, 0) is 16.1 Å². The van der Waals surface area contributed by atoms with Gasteiger partial charge in [0.25, 0.3) is 0 Å². The first kappa shape index (κ1) is 24.4. The Balaban J connectivity index is 2.35. The van der Waals surface area contributed by atoms with Gasteiger partial charge in [-0.2, -0.15) is 0 Å². The molecule has 31 heavy (non-hydrogen) atoms. The highest BCUT2D eigenvalue weighted by molar-refractivity contribution is 5.91. The molecule has 168 valence electrons. The van der Waals surface area contributed by atoms with E-state index in [1.807, 2.05) is 88.0 Å². The largest absolute Gasteiger partial charge is 0.377 e. The lowest BCUT2D eigenvalue weighted by Gasteiger charge is -2.31. The van der Waals surface area contributed by atoms with Crippen molar-refractivity contribution in [1.82, 2.24) is 4.90 Å². The number of carbonyl (C=O) groups is 2. The topological polar surface area (TPSA) is 52.7 Å². The first-order valence-electron chi connectivity index (χ1n) is 11.0. The maximum atomic E-state index is 12.9. The molecule has 2 rings (SSSR count). The van der Waals surface area contributed by atoms with Gasteiger partial charge in [-0.15, -0.1) is 0 Å². The van der Waals surface area contributed by atoms with Crippen LogP contribution in [0.1, 0.15) is 64.6 Å². The van der Waals surface area contributed by atoms with Crippen molar-refractivity contribution in [2.24, 2.45) is 5.41 Å². The van der Waals surface area contributed by atoms with Gasteiger partial charge in [0.05, 0.1) is 6.04 Å². The highest BCUT2D eigenvalue weighted by atomic mass is 16.2. The minimum Gasteiger partial charge on any atom is -0.377 e. The Hall–Kier alpha value is -2.82. The Morgan fingerprint density at radius 2 is 1.68 bits per heavy atom. The van der Waals surface area contributed by atoms with E-state index in [1.165, 1.54) is 0 Å². The van der Waals surface area contributed by atoms with E-state index < -0.39 is 0 Å². The van der Waals surface area contributed by atoms with Crippen LogP contribution in [0.3, 0.4) is 0 Å². The van der Waals surface area contributed by atoms with Crippen molar-refractivity contribution >= 4 is 23.2 Å². The van der Waals surface area contributed by atoms with Gasteiger partial charge in [-0.25, -0.2) is 0 Å². The van der Waals surface area contributed by atoms with Crippen LogP contribution in [0.15, 0.2) is 48.5 Å². The normalized spacial score (nSPS) is 12.2. The van der Waals surface area contributed by atoms with E-state index in [0.717, 1.165) is 22.5 Å². The van der Waals surface area contributed by atoms with E-state index in [2.05, 4.69) is 24.4 Å². The Bertz CT molecular complexity index is 885. The first-order chi connectivity index (χ1) is 14.5. The summed E-state index contributed by atoms with van der Waals surface area (Å²) >= 11 is 0. The molecule has 0 aromatic heterocycles. The maximum absolute atomic E-state index is 12.9. The van der Waals surface area contributed by atoms with Crippen LogP contribution in [0.2, 0.25) is 0 Å². The highest BCUT2D eigenvalue weighted by Gasteiger charge is 2.23. The van der Waals surface area contributed by atoms with Gasteiger partial charge in [-0.3, -0.25) is 9.59 Å². The lowest BCUT2D eigenvalue weighted by atomic mass is 9.92. The van der Waals surface area contributed by atoms with Crippen molar-refractivity contribution in [3.63, 3.8) is 0 Å². The number of nitrogens with one attached hydrogen (secondary N) is 1. The fourth-order valence-corrected chi connectivity index (χ4v) is 3.65. The molecule has 1 atom stereocenters. The SMILES string of the molecule is CCC(=O)N(Cc1cc(NC(=O)CC(C)(C)C)ccc1N(C)C)[C@@H](C)c1ccccc1. The quantitative estimate of drug-likeness (QED) is 0.599. The molecule has 0 unspecified atom stereocenters. The molecule has 0 radical (unpaired) electrons. The molecule has 5 heteroatoms. The van der Waals surface area contributed by atoms with Crippen LogP contribution in [0, 0.1) is 5.41 Å². The smallest absolute Gasteiger partial charge is 0.224 e. The fourth-order valence-electron chi connectivity index (χ4n) is 3.65. The Kier molecular flexibility index (Phi) is 8.26. The number of hydrogen-bond donors (Lipinski definition) is 1. The zero-order valence-electron chi connectivity index (χ0n) is 20.0. The molecule has 0 spiro atoms. The maximum Gasteiger partial charge on any atom is 0.224 e. The van der Waals surface area contributed by atoms with E-state index >= 15 is 0 Å². The Labute approximate surface area is 187 Å². The Morgan fingerprint density at radius 3 is 2.23 bits per heavy atom. The molecule has 0 aliphatic carbocycles. The van der Waals surface area contributed by atoms with E-state index in [1.54, 1.807) is 0 Å². The third-order valence-electron chi connectivity index (χ3n) is 5.25. The Morgan fingerprint density at radius 1 is 1.03 bits per heavy atom. The summed E-state index contributed by atoms with van der Waals surface area (Å²) in [6.07, 6.45) is 0.889. The standard InChI is InChI=1S/C26H37N3O2/c1-8-25(31)29(19(2)20-12-10-9-11-13-20)18-21-16-22(14-15-23(21)28(6)7)27-24(30)17-26(3,4)5/h9-16,19H,8,17-18H2,1-7H3,(H,27,30)/t19-/m0/s1. The second-order valence-corrected chi connectivity index (χ2v) is 9.49. The van der Waals surface area contributed by atoms with Gasteiger partial charge in [0.1, 0.15) is 0 Å². The number of benzene rings is 2. The second-order valence-electron chi connectivity index (χ2n) is 9.49. The molecular formula is C26H37N3O2. The van der Waals surface area contributed by atoms with Crippen LogP contribution >= 0.6 is 0 Å².